The molecule has 2 aromatic carbocycles. The summed E-state index contributed by atoms with van der Waals surface area (Å²) in [5.74, 6) is 0.796. The van der Waals surface area contributed by atoms with Crippen molar-refractivity contribution < 1.29 is 9.84 Å². The second kappa shape index (κ2) is 9.64. The zero-order valence-corrected chi connectivity index (χ0v) is 16.5. The minimum absolute atomic E-state index is 0.0758. The molecule has 0 fully saturated rings. The van der Waals surface area contributed by atoms with Crippen LogP contribution >= 0.6 is 39.1 Å². The Labute approximate surface area is 161 Å². The summed E-state index contributed by atoms with van der Waals surface area (Å²) in [7, 11) is 0. The molecular weight excluding hydrogens is 413 g/mol. The Morgan fingerprint density at radius 1 is 1.17 bits per heavy atom. The van der Waals surface area contributed by atoms with Crippen LogP contribution in [0.3, 0.4) is 0 Å². The number of hydrogen-bond donors (Lipinski definition) is 2. The quantitative estimate of drug-likeness (QED) is 0.602. The van der Waals surface area contributed by atoms with Gasteiger partial charge in [0.25, 0.3) is 0 Å². The molecule has 3 nitrogen and oxygen atoms in total. The third kappa shape index (κ3) is 5.64. The molecule has 0 aromatic heterocycles. The highest BCUT2D eigenvalue weighted by Crippen LogP contribution is 2.26. The molecule has 0 spiro atoms. The summed E-state index contributed by atoms with van der Waals surface area (Å²) in [5, 5.41) is 13.7. The molecule has 0 amide bonds. The number of nitrogens with one attached hydrogen (secondary N) is 1. The maximum absolute atomic E-state index is 9.30. The highest BCUT2D eigenvalue weighted by molar-refractivity contribution is 9.10. The molecule has 0 bridgehead atoms. The van der Waals surface area contributed by atoms with E-state index in [1.54, 1.807) is 12.1 Å². The minimum atomic E-state index is 0.0758. The molecule has 24 heavy (non-hydrogen) atoms. The summed E-state index contributed by atoms with van der Waals surface area (Å²) in [6.07, 6.45) is 0.865. The van der Waals surface area contributed by atoms with Gasteiger partial charge in [-0.05, 0) is 42.3 Å². The van der Waals surface area contributed by atoms with Crippen LogP contribution < -0.4 is 10.1 Å². The second-order valence-electron chi connectivity index (χ2n) is 5.46. The Bertz CT molecular complexity index is 678. The predicted molar refractivity (Wildman–Crippen MR) is 103 cm³/mol. The summed E-state index contributed by atoms with van der Waals surface area (Å²) in [4.78, 5) is 0. The summed E-state index contributed by atoms with van der Waals surface area (Å²) >= 11 is 15.5. The van der Waals surface area contributed by atoms with E-state index in [0.29, 0.717) is 23.2 Å². The van der Waals surface area contributed by atoms with Crippen molar-refractivity contribution in [1.82, 2.24) is 5.32 Å². The van der Waals surface area contributed by atoms with Crippen molar-refractivity contribution in [1.29, 1.82) is 0 Å². The monoisotopic (exact) mass is 431 g/mol. The highest BCUT2D eigenvalue weighted by Gasteiger charge is 2.09. The van der Waals surface area contributed by atoms with Crippen LogP contribution in [0.2, 0.25) is 10.0 Å². The van der Waals surface area contributed by atoms with Crippen LogP contribution in [0.1, 0.15) is 24.5 Å². The van der Waals surface area contributed by atoms with E-state index in [-0.39, 0.29) is 12.6 Å². The molecule has 6 heteroatoms. The number of aliphatic hydroxyl groups excluding tert-OH is 1. The molecule has 0 radical (unpaired) electrons. The van der Waals surface area contributed by atoms with Crippen LogP contribution in [0.5, 0.6) is 5.75 Å². The first-order valence-corrected chi connectivity index (χ1v) is 9.27. The third-order valence-corrected chi connectivity index (χ3v) is 4.93. The smallest absolute Gasteiger partial charge is 0.124 e. The average molecular weight is 433 g/mol. The Hall–Kier alpha value is -0.780. The van der Waals surface area contributed by atoms with Crippen molar-refractivity contribution >= 4 is 39.1 Å². The fraction of sp³-hybridized carbons (Fsp3) is 0.333. The lowest BCUT2D eigenvalue weighted by Crippen LogP contribution is -2.31. The Morgan fingerprint density at radius 3 is 2.62 bits per heavy atom. The standard InChI is InChI=1S/C18H20BrCl2NO2/c1-2-15(10-23)22-9-13-8-14(19)4-6-18(13)24-11-12-3-5-16(20)17(21)7-12/h3-8,15,22-23H,2,9-11H2,1H3/t15-/m0/s1. The van der Waals surface area contributed by atoms with Crippen molar-refractivity contribution in [2.45, 2.75) is 32.5 Å². The second-order valence-corrected chi connectivity index (χ2v) is 7.19. The van der Waals surface area contributed by atoms with Gasteiger partial charge in [-0.15, -0.1) is 0 Å². The molecule has 1 atom stereocenters. The van der Waals surface area contributed by atoms with E-state index in [2.05, 4.69) is 21.2 Å². The van der Waals surface area contributed by atoms with E-state index in [1.807, 2.05) is 31.2 Å². The van der Waals surface area contributed by atoms with Gasteiger partial charge >= 0.3 is 0 Å². The number of benzene rings is 2. The van der Waals surface area contributed by atoms with Crippen LogP contribution in [0.25, 0.3) is 0 Å². The van der Waals surface area contributed by atoms with Crippen LogP contribution in [0.15, 0.2) is 40.9 Å². The molecule has 2 rings (SSSR count). The molecule has 130 valence electrons. The van der Waals surface area contributed by atoms with Crippen molar-refractivity contribution in [3.63, 3.8) is 0 Å². The highest BCUT2D eigenvalue weighted by atomic mass is 79.9. The topological polar surface area (TPSA) is 41.5 Å². The van der Waals surface area contributed by atoms with E-state index in [0.717, 1.165) is 27.8 Å². The fourth-order valence-electron chi connectivity index (χ4n) is 2.21. The van der Waals surface area contributed by atoms with E-state index >= 15 is 0 Å². The van der Waals surface area contributed by atoms with Crippen LogP contribution in [0.4, 0.5) is 0 Å². The molecule has 2 N–H and O–H groups in total. The van der Waals surface area contributed by atoms with Gasteiger partial charge in [0.2, 0.25) is 0 Å². The molecule has 0 aliphatic rings. The third-order valence-electron chi connectivity index (χ3n) is 3.70. The van der Waals surface area contributed by atoms with E-state index < -0.39 is 0 Å². The van der Waals surface area contributed by atoms with Gasteiger partial charge in [0.1, 0.15) is 12.4 Å². The Morgan fingerprint density at radius 2 is 1.96 bits per heavy atom. The lowest BCUT2D eigenvalue weighted by molar-refractivity contribution is 0.237. The normalized spacial score (nSPS) is 12.2. The molecule has 0 saturated carbocycles. The largest absolute Gasteiger partial charge is 0.489 e. The van der Waals surface area contributed by atoms with Crippen molar-refractivity contribution in [2.75, 3.05) is 6.61 Å². The Kier molecular flexibility index (Phi) is 7.85. The summed E-state index contributed by atoms with van der Waals surface area (Å²) in [6, 6.07) is 11.4. The first kappa shape index (κ1) is 19.5. The van der Waals surface area contributed by atoms with Gasteiger partial charge in [-0.25, -0.2) is 0 Å². The van der Waals surface area contributed by atoms with Crippen molar-refractivity contribution in [3.05, 3.63) is 62.0 Å². The molecular formula is C18H20BrCl2NO2. The number of rotatable bonds is 8. The number of halogens is 3. The molecule has 0 saturated heterocycles. The fourth-order valence-corrected chi connectivity index (χ4v) is 2.94. The molecule has 0 heterocycles. The summed E-state index contributed by atoms with van der Waals surface area (Å²) in [5.41, 5.74) is 1.98. The first-order valence-electron chi connectivity index (χ1n) is 7.72. The number of aliphatic hydroxyl groups is 1. The maximum Gasteiger partial charge on any atom is 0.124 e. The van der Waals surface area contributed by atoms with Gasteiger partial charge in [0, 0.05) is 22.6 Å². The van der Waals surface area contributed by atoms with Crippen molar-refractivity contribution in [2.24, 2.45) is 0 Å². The van der Waals surface area contributed by atoms with Gasteiger partial charge in [-0.2, -0.15) is 0 Å². The van der Waals surface area contributed by atoms with E-state index in [4.69, 9.17) is 27.9 Å². The van der Waals surface area contributed by atoms with Gasteiger partial charge in [-0.3, -0.25) is 0 Å². The molecule has 2 aromatic rings. The SMILES string of the molecule is CC[C@@H](CO)NCc1cc(Br)ccc1OCc1ccc(Cl)c(Cl)c1. The number of ether oxygens (including phenoxy) is 1. The minimum Gasteiger partial charge on any atom is -0.489 e. The lowest BCUT2D eigenvalue weighted by Gasteiger charge is -2.17. The molecule has 0 unspecified atom stereocenters. The lowest BCUT2D eigenvalue weighted by atomic mass is 10.1. The number of hydrogen-bond acceptors (Lipinski definition) is 3. The zero-order valence-electron chi connectivity index (χ0n) is 13.4. The predicted octanol–water partition coefficient (Wildman–Crippen LogP) is 5.20. The van der Waals surface area contributed by atoms with Gasteiger partial charge < -0.3 is 15.2 Å². The van der Waals surface area contributed by atoms with Crippen molar-refractivity contribution in [3.8, 4) is 5.75 Å². The Balaban J connectivity index is 2.07. The first-order chi connectivity index (χ1) is 11.5. The van der Waals surface area contributed by atoms with Gasteiger partial charge in [0.15, 0.2) is 0 Å². The maximum atomic E-state index is 9.30. The summed E-state index contributed by atoms with van der Waals surface area (Å²) < 4.78 is 6.93. The molecule has 0 aliphatic heterocycles. The van der Waals surface area contributed by atoms with Crippen LogP contribution in [0, 0.1) is 0 Å². The zero-order chi connectivity index (χ0) is 17.5. The van der Waals surface area contributed by atoms with E-state index in [9.17, 15) is 5.11 Å². The average Bonchev–Trinajstić information content (AvgIpc) is 2.58. The molecule has 0 aliphatic carbocycles. The van der Waals surface area contributed by atoms with Crippen LogP contribution in [-0.2, 0) is 13.2 Å². The van der Waals surface area contributed by atoms with E-state index in [1.165, 1.54) is 0 Å². The summed E-state index contributed by atoms with van der Waals surface area (Å²) in [6.45, 7) is 3.18. The van der Waals surface area contributed by atoms with Gasteiger partial charge in [0.05, 0.1) is 16.7 Å². The van der Waals surface area contributed by atoms with Crippen LogP contribution in [-0.4, -0.2) is 17.8 Å². The van der Waals surface area contributed by atoms with Gasteiger partial charge in [-0.1, -0.05) is 52.1 Å².